The van der Waals surface area contributed by atoms with E-state index in [2.05, 4.69) is 15.9 Å². The molecule has 3 rings (SSSR count). The van der Waals surface area contributed by atoms with Crippen LogP contribution in [0.4, 0.5) is 10.1 Å². The third-order valence-electron chi connectivity index (χ3n) is 4.65. The van der Waals surface area contributed by atoms with Crippen LogP contribution in [-0.4, -0.2) is 36.2 Å². The van der Waals surface area contributed by atoms with Gasteiger partial charge >= 0.3 is 5.97 Å². The van der Waals surface area contributed by atoms with E-state index in [1.165, 1.54) is 29.2 Å². The van der Waals surface area contributed by atoms with Gasteiger partial charge in [-0.2, -0.15) is 0 Å². The van der Waals surface area contributed by atoms with Gasteiger partial charge in [0.15, 0.2) is 6.10 Å². The highest BCUT2D eigenvalue weighted by Crippen LogP contribution is 2.27. The molecule has 0 spiro atoms. The zero-order chi connectivity index (χ0) is 21.0. The smallest absolute Gasteiger partial charge is 0.312 e. The monoisotopic (exact) mass is 481 g/mol. The van der Waals surface area contributed by atoms with Gasteiger partial charge in [-0.3, -0.25) is 14.4 Å². The summed E-state index contributed by atoms with van der Waals surface area (Å²) in [6.07, 6.45) is -0.948. The van der Waals surface area contributed by atoms with E-state index >= 15 is 0 Å². The van der Waals surface area contributed by atoms with Crippen molar-refractivity contribution in [3.05, 3.63) is 64.4 Å². The third-order valence-corrected chi connectivity index (χ3v) is 5.39. The summed E-state index contributed by atoms with van der Waals surface area (Å²) >= 11 is 9.11. The lowest BCUT2D eigenvalue weighted by atomic mass is 10.0. The van der Waals surface area contributed by atoms with Crippen LogP contribution in [-0.2, 0) is 14.3 Å². The Balaban J connectivity index is 1.68. The molecular formula is C21H18BrClFNO4. The molecule has 0 radical (unpaired) electrons. The molecule has 5 nitrogen and oxygen atoms in total. The molecule has 0 N–H and O–H groups in total. The predicted octanol–water partition coefficient (Wildman–Crippen LogP) is 4.36. The molecule has 1 heterocycles. The van der Waals surface area contributed by atoms with Gasteiger partial charge in [0.1, 0.15) is 5.82 Å². The average Bonchev–Trinajstić information content (AvgIpc) is 3.10. The minimum Gasteiger partial charge on any atom is -0.454 e. The largest absolute Gasteiger partial charge is 0.454 e. The number of anilines is 1. The summed E-state index contributed by atoms with van der Waals surface area (Å²) in [5, 5.41) is 0. The first-order valence-electron chi connectivity index (χ1n) is 9.01. The second-order valence-electron chi connectivity index (χ2n) is 6.66. The number of ether oxygens (including phenoxy) is 1. The van der Waals surface area contributed by atoms with Gasteiger partial charge in [0, 0.05) is 41.0 Å². The number of hydrogen-bond acceptors (Lipinski definition) is 4. The van der Waals surface area contributed by atoms with Gasteiger partial charge in [0.2, 0.25) is 11.7 Å². The molecular weight excluding hydrogens is 465 g/mol. The van der Waals surface area contributed by atoms with Crippen LogP contribution in [0.15, 0.2) is 53.0 Å². The van der Waals surface area contributed by atoms with Crippen molar-refractivity contribution < 1.29 is 23.5 Å². The van der Waals surface area contributed by atoms with Gasteiger partial charge in [0.25, 0.3) is 0 Å². The Morgan fingerprint density at radius 1 is 1.17 bits per heavy atom. The SMILES string of the molecule is O=C(O[C@@H](CCCl)C(=O)c1ccc(F)cc1)[C@H]1CC(=O)N(c2ccc(Br)cc2)C1. The van der Waals surface area contributed by atoms with Crippen LogP contribution in [0.1, 0.15) is 23.2 Å². The number of esters is 1. The summed E-state index contributed by atoms with van der Waals surface area (Å²) in [6.45, 7) is 0.178. The third kappa shape index (κ3) is 5.22. The summed E-state index contributed by atoms with van der Waals surface area (Å²) in [6, 6.07) is 12.2. The molecule has 152 valence electrons. The quantitative estimate of drug-likeness (QED) is 0.334. The number of carbonyl (C=O) groups excluding carboxylic acids is 3. The minimum atomic E-state index is -1.08. The average molecular weight is 483 g/mol. The van der Waals surface area contributed by atoms with E-state index in [9.17, 15) is 18.8 Å². The van der Waals surface area contributed by atoms with Crippen molar-refractivity contribution in [3.63, 3.8) is 0 Å². The molecule has 1 aliphatic rings. The summed E-state index contributed by atoms with van der Waals surface area (Å²) in [4.78, 5) is 39.2. The standard InChI is InChI=1S/C21H18BrClFNO4/c22-15-3-7-17(8-4-15)25-12-14(11-19(25)26)21(28)29-18(9-10-23)20(27)13-1-5-16(24)6-2-13/h1-8,14,18H,9-12H2/t14-,18-/m0/s1. The second kappa shape index (κ2) is 9.50. The molecule has 0 aromatic heterocycles. The first-order valence-corrected chi connectivity index (χ1v) is 10.3. The molecule has 0 bridgehead atoms. The van der Waals surface area contributed by atoms with Gasteiger partial charge < -0.3 is 9.64 Å². The number of Topliss-reactive ketones (excluding diaryl/α,β-unsaturated/α-hetero) is 1. The number of nitrogens with zero attached hydrogens (tertiary/aromatic N) is 1. The second-order valence-corrected chi connectivity index (χ2v) is 7.95. The molecule has 2 atom stereocenters. The highest BCUT2D eigenvalue weighted by molar-refractivity contribution is 9.10. The van der Waals surface area contributed by atoms with Crippen molar-refractivity contribution in [1.29, 1.82) is 0 Å². The summed E-state index contributed by atoms with van der Waals surface area (Å²) in [5.74, 6) is -2.29. The lowest BCUT2D eigenvalue weighted by Gasteiger charge is -2.19. The molecule has 1 aliphatic heterocycles. The van der Waals surface area contributed by atoms with Gasteiger partial charge in [0.05, 0.1) is 5.92 Å². The first kappa shape index (κ1) is 21.5. The van der Waals surface area contributed by atoms with Crippen molar-refractivity contribution >= 4 is 50.9 Å². The summed E-state index contributed by atoms with van der Waals surface area (Å²) in [5.41, 5.74) is 0.918. The Bertz CT molecular complexity index is 904. The van der Waals surface area contributed by atoms with Crippen molar-refractivity contribution in [1.82, 2.24) is 0 Å². The predicted molar refractivity (Wildman–Crippen MR) is 111 cm³/mol. The number of alkyl halides is 1. The van der Waals surface area contributed by atoms with Gasteiger partial charge in [-0.15, -0.1) is 11.6 Å². The van der Waals surface area contributed by atoms with E-state index < -0.39 is 29.6 Å². The lowest BCUT2D eigenvalue weighted by Crippen LogP contribution is -2.32. The molecule has 1 fully saturated rings. The van der Waals surface area contributed by atoms with Crippen molar-refractivity contribution in [3.8, 4) is 0 Å². The van der Waals surface area contributed by atoms with Crippen LogP contribution in [0.25, 0.3) is 0 Å². The zero-order valence-corrected chi connectivity index (χ0v) is 17.7. The van der Waals surface area contributed by atoms with Crippen LogP contribution in [0.2, 0.25) is 0 Å². The number of carbonyl (C=O) groups is 3. The Morgan fingerprint density at radius 2 is 1.83 bits per heavy atom. The number of amides is 1. The molecule has 2 aromatic rings. The Hall–Kier alpha value is -2.25. The first-order chi connectivity index (χ1) is 13.9. The number of ketones is 1. The van der Waals surface area contributed by atoms with Crippen molar-refractivity contribution in [2.45, 2.75) is 18.9 Å². The fourth-order valence-corrected chi connectivity index (χ4v) is 3.58. The highest BCUT2D eigenvalue weighted by Gasteiger charge is 2.38. The van der Waals surface area contributed by atoms with Gasteiger partial charge in [-0.05, 0) is 48.5 Å². The topological polar surface area (TPSA) is 63.7 Å². The minimum absolute atomic E-state index is 0.00717. The Labute approximate surface area is 180 Å². The van der Waals surface area contributed by atoms with E-state index in [1.807, 2.05) is 12.1 Å². The molecule has 8 heteroatoms. The van der Waals surface area contributed by atoms with E-state index in [0.29, 0.717) is 5.69 Å². The number of hydrogen-bond donors (Lipinski definition) is 0. The van der Waals surface area contributed by atoms with Gasteiger partial charge in [-0.1, -0.05) is 15.9 Å². The number of benzene rings is 2. The van der Waals surface area contributed by atoms with E-state index in [4.69, 9.17) is 16.3 Å². The normalized spacial score (nSPS) is 17.3. The molecule has 2 aromatic carbocycles. The number of halogens is 3. The van der Waals surface area contributed by atoms with Crippen LogP contribution in [0.5, 0.6) is 0 Å². The Kier molecular flexibility index (Phi) is 7.03. The van der Waals surface area contributed by atoms with Gasteiger partial charge in [-0.25, -0.2) is 4.39 Å². The van der Waals surface area contributed by atoms with E-state index in [0.717, 1.165) is 4.47 Å². The van der Waals surface area contributed by atoms with Crippen LogP contribution in [0.3, 0.4) is 0 Å². The number of rotatable bonds is 7. The summed E-state index contributed by atoms with van der Waals surface area (Å²) in [7, 11) is 0. The molecule has 1 saturated heterocycles. The van der Waals surface area contributed by atoms with Crippen molar-refractivity contribution in [2.75, 3.05) is 17.3 Å². The molecule has 0 aliphatic carbocycles. The zero-order valence-electron chi connectivity index (χ0n) is 15.3. The van der Waals surface area contributed by atoms with Crippen molar-refractivity contribution in [2.24, 2.45) is 5.92 Å². The molecule has 0 unspecified atom stereocenters. The fourth-order valence-electron chi connectivity index (χ4n) is 3.12. The maximum atomic E-state index is 13.1. The highest BCUT2D eigenvalue weighted by atomic mass is 79.9. The summed E-state index contributed by atoms with van der Waals surface area (Å²) < 4.78 is 19.4. The maximum Gasteiger partial charge on any atom is 0.312 e. The molecule has 29 heavy (non-hydrogen) atoms. The Morgan fingerprint density at radius 3 is 2.45 bits per heavy atom. The maximum absolute atomic E-state index is 13.1. The van der Waals surface area contributed by atoms with E-state index in [1.54, 1.807) is 12.1 Å². The fraction of sp³-hybridized carbons (Fsp3) is 0.286. The molecule has 1 amide bonds. The van der Waals surface area contributed by atoms with Crippen LogP contribution in [0, 0.1) is 11.7 Å². The van der Waals surface area contributed by atoms with Crippen LogP contribution < -0.4 is 4.90 Å². The lowest BCUT2D eigenvalue weighted by molar-refractivity contribution is -0.151. The molecule has 0 saturated carbocycles. The van der Waals surface area contributed by atoms with Crippen LogP contribution >= 0.6 is 27.5 Å². The van der Waals surface area contributed by atoms with E-state index in [-0.39, 0.29) is 36.7 Å².